The zero-order valence-electron chi connectivity index (χ0n) is 26.9. The summed E-state index contributed by atoms with van der Waals surface area (Å²) in [6.45, 7) is 5.72. The minimum Gasteiger partial charge on any atom is -0.481 e. The van der Waals surface area contributed by atoms with Gasteiger partial charge >= 0.3 is 17.8 Å². The van der Waals surface area contributed by atoms with Crippen molar-refractivity contribution < 1.29 is 56.3 Å². The normalized spacial score (nSPS) is 16.7. The monoisotopic (exact) mass is 682 g/mol. The van der Waals surface area contributed by atoms with Crippen LogP contribution in [0.2, 0.25) is 0 Å². The van der Waals surface area contributed by atoms with E-state index in [4.69, 9.17) is 14.4 Å². The Morgan fingerprint density at radius 1 is 1.06 bits per heavy atom. The number of alkyl halides is 3. The molecule has 2 heterocycles. The number of Topliss-reactive ketones (excluding diaryl/α,β-unsaturated/α-hetero) is 1. The van der Waals surface area contributed by atoms with Gasteiger partial charge in [0.2, 0.25) is 23.6 Å². The smallest absolute Gasteiger partial charge is 0.424 e. The van der Waals surface area contributed by atoms with Crippen LogP contribution in [-0.4, -0.2) is 88.3 Å². The predicted octanol–water partition coefficient (Wildman–Crippen LogP) is 2.27. The quantitative estimate of drug-likeness (QED) is 0.160. The second-order valence-electron chi connectivity index (χ2n) is 11.6. The Bertz CT molecular complexity index is 1640. The van der Waals surface area contributed by atoms with Crippen LogP contribution >= 0.6 is 0 Å². The molecule has 48 heavy (non-hydrogen) atoms. The van der Waals surface area contributed by atoms with E-state index in [1.54, 1.807) is 0 Å². The highest BCUT2D eigenvalue weighted by molar-refractivity contribution is 6.12. The van der Waals surface area contributed by atoms with Crippen molar-refractivity contribution in [1.29, 1.82) is 0 Å². The molecule has 0 spiro atoms. The van der Waals surface area contributed by atoms with Gasteiger partial charge < -0.3 is 25.1 Å². The molecule has 3 N–H and O–H groups in total. The van der Waals surface area contributed by atoms with Crippen molar-refractivity contribution in [3.63, 3.8) is 0 Å². The van der Waals surface area contributed by atoms with Gasteiger partial charge in [0.05, 0.1) is 25.1 Å². The minimum atomic E-state index is -5.25. The SMILES string of the molecule is CON(C(=O)CCC(=O)O)[C@@H](C)C(=O)N[C@@H](C)C(=O)N1CCC[C@H]1C(=O)N[C@H](C(=O)c1c(C(F)(F)F)c(=O)oc2ccccc12)C(C)C. The zero-order chi connectivity index (χ0) is 36.1. The number of benzene rings is 1. The summed E-state index contributed by atoms with van der Waals surface area (Å²) in [5, 5.41) is 14.2. The molecule has 17 heteroatoms. The highest BCUT2D eigenvalue weighted by Crippen LogP contribution is 2.34. The fourth-order valence-corrected chi connectivity index (χ4v) is 5.46. The third kappa shape index (κ3) is 8.37. The first-order chi connectivity index (χ1) is 22.4. The fraction of sp³-hybridized carbons (Fsp3) is 0.516. The summed E-state index contributed by atoms with van der Waals surface area (Å²) in [6, 6.07) is 0.0755. The third-order valence-electron chi connectivity index (χ3n) is 7.88. The Morgan fingerprint density at radius 2 is 1.71 bits per heavy atom. The van der Waals surface area contributed by atoms with E-state index in [9.17, 15) is 46.7 Å². The average molecular weight is 683 g/mol. The van der Waals surface area contributed by atoms with Gasteiger partial charge in [-0.05, 0) is 38.7 Å². The highest BCUT2D eigenvalue weighted by Gasteiger charge is 2.44. The number of carbonyl (C=O) groups is 6. The number of para-hydroxylation sites is 1. The maximum absolute atomic E-state index is 14.1. The number of aliphatic carboxylic acids is 1. The van der Waals surface area contributed by atoms with Crippen molar-refractivity contribution in [2.75, 3.05) is 13.7 Å². The van der Waals surface area contributed by atoms with Crippen molar-refractivity contribution in [3.8, 4) is 0 Å². The molecular formula is C31H37F3N4O10. The van der Waals surface area contributed by atoms with E-state index in [0.717, 1.165) is 7.11 Å². The van der Waals surface area contributed by atoms with Gasteiger partial charge in [-0.3, -0.25) is 33.6 Å². The van der Waals surface area contributed by atoms with E-state index in [1.165, 1.54) is 56.9 Å². The number of nitrogens with zero attached hydrogens (tertiary/aromatic N) is 2. The molecule has 0 radical (unpaired) electrons. The summed E-state index contributed by atoms with van der Waals surface area (Å²) in [5.74, 6) is -6.24. The molecule has 1 aliphatic rings. The molecule has 0 bridgehead atoms. The van der Waals surface area contributed by atoms with Gasteiger partial charge in [-0.15, -0.1) is 0 Å². The van der Waals surface area contributed by atoms with Crippen LogP contribution in [0.5, 0.6) is 0 Å². The Kier molecular flexibility index (Phi) is 12.1. The van der Waals surface area contributed by atoms with E-state index in [2.05, 4.69) is 10.6 Å². The van der Waals surface area contributed by atoms with Crippen LogP contribution in [0.25, 0.3) is 11.0 Å². The number of carbonyl (C=O) groups excluding carboxylic acids is 5. The topological polar surface area (TPSA) is 193 Å². The number of carboxylic acids is 1. The zero-order valence-corrected chi connectivity index (χ0v) is 26.9. The first kappa shape index (κ1) is 37.7. The van der Waals surface area contributed by atoms with Crippen molar-refractivity contribution in [2.45, 2.75) is 83.7 Å². The Morgan fingerprint density at radius 3 is 2.29 bits per heavy atom. The van der Waals surface area contributed by atoms with Crippen LogP contribution in [0, 0.1) is 5.92 Å². The second kappa shape index (κ2) is 15.4. The molecular weight excluding hydrogens is 645 g/mol. The number of likely N-dealkylation sites (tertiary alicyclic amines) is 1. The Hall–Kier alpha value is -4.80. The van der Waals surface area contributed by atoms with Crippen LogP contribution in [0.15, 0.2) is 33.5 Å². The lowest BCUT2D eigenvalue weighted by molar-refractivity contribution is -0.190. The molecule has 0 unspecified atom stereocenters. The molecule has 1 aromatic carbocycles. The molecule has 3 rings (SSSR count). The molecule has 0 aliphatic carbocycles. The number of rotatable bonds is 13. The van der Waals surface area contributed by atoms with Crippen molar-refractivity contribution in [2.24, 2.45) is 5.92 Å². The summed E-state index contributed by atoms with van der Waals surface area (Å²) in [5.41, 5.74) is -4.73. The van der Waals surface area contributed by atoms with Gasteiger partial charge in [0, 0.05) is 18.4 Å². The Balaban J connectivity index is 1.80. The average Bonchev–Trinajstić information content (AvgIpc) is 3.50. The lowest BCUT2D eigenvalue weighted by Gasteiger charge is -2.31. The maximum Gasteiger partial charge on any atom is 0.424 e. The van der Waals surface area contributed by atoms with Crippen LogP contribution in [0.1, 0.15) is 69.3 Å². The van der Waals surface area contributed by atoms with Gasteiger partial charge in [-0.1, -0.05) is 32.0 Å². The number of carboxylic acid groups (broad SMARTS) is 1. The summed E-state index contributed by atoms with van der Waals surface area (Å²) < 4.78 is 47.0. The second-order valence-corrected chi connectivity index (χ2v) is 11.6. The first-order valence-corrected chi connectivity index (χ1v) is 15.1. The number of hydrogen-bond donors (Lipinski definition) is 3. The predicted molar refractivity (Wildman–Crippen MR) is 161 cm³/mol. The third-order valence-corrected chi connectivity index (χ3v) is 7.88. The van der Waals surface area contributed by atoms with Gasteiger partial charge in [-0.25, -0.2) is 9.86 Å². The lowest BCUT2D eigenvalue weighted by atomic mass is 9.90. The number of hydroxylamine groups is 2. The molecule has 2 aromatic rings. The van der Waals surface area contributed by atoms with E-state index >= 15 is 0 Å². The van der Waals surface area contributed by atoms with Crippen LogP contribution in [0.4, 0.5) is 13.2 Å². The van der Waals surface area contributed by atoms with Crippen LogP contribution < -0.4 is 16.3 Å². The standard InChI is InChI=1S/C31H37F3N4O10/c1-15(2)25(26(42)23-18-9-6-7-11-20(18)48-30(46)24(23)31(32,33)34)36-28(44)19-10-8-14-37(19)29(45)16(3)35-27(43)17(4)38(47-5)21(39)12-13-22(40)41/h6-7,9,11,15-17,19,25H,8,10,12-14H2,1-5H3,(H,35,43)(H,36,44)(H,40,41)/t16-,17-,19-,25-/m0/s1. The molecule has 14 nitrogen and oxygen atoms in total. The summed E-state index contributed by atoms with van der Waals surface area (Å²) >= 11 is 0. The molecule has 1 saturated heterocycles. The highest BCUT2D eigenvalue weighted by atomic mass is 19.4. The number of fused-ring (bicyclic) bond motifs is 1. The molecule has 1 fully saturated rings. The van der Waals surface area contributed by atoms with Crippen LogP contribution in [0.3, 0.4) is 0 Å². The fourth-order valence-electron chi connectivity index (χ4n) is 5.46. The number of ketones is 1. The van der Waals surface area contributed by atoms with Crippen molar-refractivity contribution in [1.82, 2.24) is 20.6 Å². The maximum atomic E-state index is 14.1. The van der Waals surface area contributed by atoms with Gasteiger partial charge in [0.25, 0.3) is 0 Å². The molecule has 262 valence electrons. The summed E-state index contributed by atoms with van der Waals surface area (Å²) in [6.07, 6.45) is -5.68. The number of hydrogen-bond acceptors (Lipinski definition) is 9. The van der Waals surface area contributed by atoms with E-state index < -0.39 is 101 Å². The molecule has 1 aliphatic heterocycles. The van der Waals surface area contributed by atoms with Gasteiger partial charge in [-0.2, -0.15) is 13.2 Å². The van der Waals surface area contributed by atoms with Crippen molar-refractivity contribution >= 4 is 46.4 Å². The summed E-state index contributed by atoms with van der Waals surface area (Å²) in [4.78, 5) is 95.3. The first-order valence-electron chi connectivity index (χ1n) is 15.1. The molecule has 4 amide bonds. The largest absolute Gasteiger partial charge is 0.481 e. The van der Waals surface area contributed by atoms with E-state index in [-0.39, 0.29) is 23.9 Å². The Labute approximate surface area is 272 Å². The number of nitrogens with one attached hydrogen (secondary N) is 2. The number of halogens is 3. The summed E-state index contributed by atoms with van der Waals surface area (Å²) in [7, 11) is 1.11. The van der Waals surface area contributed by atoms with Gasteiger partial charge in [0.15, 0.2) is 11.3 Å². The van der Waals surface area contributed by atoms with Crippen LogP contribution in [-0.2, 0) is 35.0 Å². The molecule has 1 aromatic heterocycles. The molecule has 0 saturated carbocycles. The van der Waals surface area contributed by atoms with E-state index in [0.29, 0.717) is 11.5 Å². The lowest BCUT2D eigenvalue weighted by Crippen LogP contribution is -2.57. The number of amides is 4. The molecule has 4 atom stereocenters. The van der Waals surface area contributed by atoms with E-state index in [1.807, 2.05) is 0 Å². The van der Waals surface area contributed by atoms with Crippen molar-refractivity contribution in [3.05, 3.63) is 45.8 Å². The van der Waals surface area contributed by atoms with Gasteiger partial charge in [0.1, 0.15) is 23.7 Å². The minimum absolute atomic E-state index is 0.0907.